The smallest absolute Gasteiger partial charge is 0.240 e. The largest absolute Gasteiger partial charge is 0.384 e. The predicted octanol–water partition coefficient (Wildman–Crippen LogP) is 5.28. The zero-order valence-electron chi connectivity index (χ0n) is 20.4. The monoisotopic (exact) mass is 509 g/mol. The minimum atomic E-state index is -3.76. The van der Waals surface area contributed by atoms with Crippen LogP contribution in [0, 0.1) is 11.8 Å². The average Bonchev–Trinajstić information content (AvgIpc) is 2.78. The van der Waals surface area contributed by atoms with Crippen molar-refractivity contribution in [2.24, 2.45) is 11.8 Å². The fourth-order valence-corrected chi connectivity index (χ4v) is 4.85. The summed E-state index contributed by atoms with van der Waals surface area (Å²) in [5.74, 6) is 0.865. The number of carbonyl (C=O) groups excluding carboxylic acids is 1. The summed E-state index contributed by atoms with van der Waals surface area (Å²) in [6, 6.07) is 11.8. The Labute approximate surface area is 208 Å². The topological polar surface area (TPSA) is 96.5 Å². The Morgan fingerprint density at radius 2 is 1.91 bits per heavy atom. The third-order valence-corrected chi connectivity index (χ3v) is 7.27. The number of sulfonamides is 1. The number of rotatable bonds is 14. The van der Waals surface area contributed by atoms with Crippen LogP contribution >= 0.6 is 11.6 Å². The van der Waals surface area contributed by atoms with E-state index >= 15 is 0 Å². The number of anilines is 2. The van der Waals surface area contributed by atoms with Crippen LogP contribution in [0.1, 0.15) is 45.6 Å². The second-order valence-corrected chi connectivity index (χ2v) is 10.8. The first-order chi connectivity index (χ1) is 16.2. The quantitative estimate of drug-likeness (QED) is 0.322. The summed E-state index contributed by atoms with van der Waals surface area (Å²) in [6.07, 6.45) is 2.11. The second kappa shape index (κ2) is 13.7. The van der Waals surface area contributed by atoms with Crippen molar-refractivity contribution in [3.8, 4) is 0 Å². The Morgan fingerprint density at radius 3 is 2.56 bits per heavy atom. The fraction of sp³-hybridized carbons (Fsp3) is 0.480. The first-order valence-corrected chi connectivity index (χ1v) is 13.4. The van der Waals surface area contributed by atoms with Crippen molar-refractivity contribution >= 4 is 38.9 Å². The number of carbonyl (C=O) groups is 1. The Bertz CT molecular complexity index is 1040. The van der Waals surface area contributed by atoms with Crippen LogP contribution in [0.5, 0.6) is 0 Å². The van der Waals surface area contributed by atoms with Crippen molar-refractivity contribution in [1.29, 1.82) is 0 Å². The zero-order chi connectivity index (χ0) is 25.1. The number of methoxy groups -OCH3 is 1. The fourth-order valence-electron chi connectivity index (χ4n) is 3.49. The van der Waals surface area contributed by atoms with Gasteiger partial charge in [-0.25, -0.2) is 13.1 Å². The van der Waals surface area contributed by atoms with Crippen molar-refractivity contribution in [2.75, 3.05) is 30.9 Å². The molecule has 0 aromatic heterocycles. The standard InChI is InChI=1S/C25H36ClN3O4S/c1-5-7-25(30)29-21-9-6-8-19(14-21)16-28-34(31,32)22-10-11-24(23(26)15-22)27-13-12-20(17-33-4)18(2)3/h6,8-11,14-15,18,20,27-28H,5,7,12-13,16-17H2,1-4H3,(H,29,30). The summed E-state index contributed by atoms with van der Waals surface area (Å²) in [5, 5.41) is 6.45. The van der Waals surface area contributed by atoms with Crippen molar-refractivity contribution in [3.05, 3.63) is 53.1 Å². The summed E-state index contributed by atoms with van der Waals surface area (Å²) in [7, 11) is -2.06. The van der Waals surface area contributed by atoms with E-state index in [9.17, 15) is 13.2 Å². The minimum Gasteiger partial charge on any atom is -0.384 e. The Morgan fingerprint density at radius 1 is 1.15 bits per heavy atom. The highest BCUT2D eigenvalue weighted by molar-refractivity contribution is 7.89. The molecule has 0 spiro atoms. The number of hydrogen-bond donors (Lipinski definition) is 3. The summed E-state index contributed by atoms with van der Waals surface area (Å²) in [4.78, 5) is 11.9. The summed E-state index contributed by atoms with van der Waals surface area (Å²) >= 11 is 6.37. The molecule has 0 aliphatic carbocycles. The molecule has 188 valence electrons. The van der Waals surface area contributed by atoms with Gasteiger partial charge in [-0.3, -0.25) is 4.79 Å². The van der Waals surface area contributed by atoms with Crippen LogP contribution in [0.15, 0.2) is 47.4 Å². The van der Waals surface area contributed by atoms with E-state index in [1.165, 1.54) is 12.1 Å². The molecule has 0 aliphatic heterocycles. The Kier molecular flexibility index (Phi) is 11.3. The van der Waals surface area contributed by atoms with E-state index in [2.05, 4.69) is 29.2 Å². The van der Waals surface area contributed by atoms with Crippen LogP contribution in [0.25, 0.3) is 0 Å². The molecule has 2 aromatic carbocycles. The summed E-state index contributed by atoms with van der Waals surface area (Å²) in [6.45, 7) is 7.77. The number of nitrogens with one attached hydrogen (secondary N) is 3. The lowest BCUT2D eigenvalue weighted by molar-refractivity contribution is -0.116. The molecule has 3 N–H and O–H groups in total. The highest BCUT2D eigenvalue weighted by atomic mass is 35.5. The SMILES string of the molecule is CCCC(=O)Nc1cccc(CNS(=O)(=O)c2ccc(NCCC(COC)C(C)C)c(Cl)c2)c1. The molecule has 7 nitrogen and oxygen atoms in total. The van der Waals surface area contributed by atoms with E-state index in [4.69, 9.17) is 16.3 Å². The van der Waals surface area contributed by atoms with Gasteiger partial charge in [0, 0.05) is 38.9 Å². The van der Waals surface area contributed by atoms with E-state index in [1.54, 1.807) is 37.4 Å². The zero-order valence-corrected chi connectivity index (χ0v) is 21.9. The molecule has 0 heterocycles. The van der Waals surface area contributed by atoms with E-state index in [1.807, 2.05) is 6.92 Å². The van der Waals surface area contributed by atoms with Gasteiger partial charge in [0.15, 0.2) is 0 Å². The van der Waals surface area contributed by atoms with Crippen LogP contribution in [0.4, 0.5) is 11.4 Å². The maximum atomic E-state index is 12.8. The molecular formula is C25H36ClN3O4S. The minimum absolute atomic E-state index is 0.0676. The van der Waals surface area contributed by atoms with Gasteiger partial charge in [-0.15, -0.1) is 0 Å². The van der Waals surface area contributed by atoms with Crippen LogP contribution in [0.3, 0.4) is 0 Å². The molecule has 0 radical (unpaired) electrons. The molecule has 0 saturated carbocycles. The van der Waals surface area contributed by atoms with Gasteiger partial charge >= 0.3 is 0 Å². The number of halogens is 1. The Balaban J connectivity index is 1.98. The van der Waals surface area contributed by atoms with Crippen molar-refractivity contribution < 1.29 is 17.9 Å². The third kappa shape index (κ3) is 8.91. The van der Waals surface area contributed by atoms with Crippen LogP contribution in [-0.4, -0.2) is 34.6 Å². The lowest BCUT2D eigenvalue weighted by atomic mass is 9.93. The van der Waals surface area contributed by atoms with Gasteiger partial charge in [0.1, 0.15) is 0 Å². The van der Waals surface area contributed by atoms with E-state index in [0.29, 0.717) is 47.8 Å². The highest BCUT2D eigenvalue weighted by Crippen LogP contribution is 2.26. The second-order valence-electron chi connectivity index (χ2n) is 8.64. The molecule has 9 heteroatoms. The van der Waals surface area contributed by atoms with Gasteiger partial charge in [-0.05, 0) is 60.6 Å². The first kappa shape index (κ1) is 28.1. The van der Waals surface area contributed by atoms with E-state index in [0.717, 1.165) is 18.4 Å². The molecule has 0 aliphatic rings. The van der Waals surface area contributed by atoms with Gasteiger partial charge in [0.25, 0.3) is 0 Å². The normalized spacial score (nSPS) is 12.5. The third-order valence-electron chi connectivity index (χ3n) is 5.56. The van der Waals surface area contributed by atoms with Gasteiger partial charge < -0.3 is 15.4 Å². The maximum absolute atomic E-state index is 12.8. The van der Waals surface area contributed by atoms with Crippen LogP contribution in [0.2, 0.25) is 5.02 Å². The van der Waals surface area contributed by atoms with Gasteiger partial charge in [-0.2, -0.15) is 0 Å². The molecule has 1 unspecified atom stereocenters. The van der Waals surface area contributed by atoms with E-state index in [-0.39, 0.29) is 17.3 Å². The Hall–Kier alpha value is -2.13. The molecule has 34 heavy (non-hydrogen) atoms. The summed E-state index contributed by atoms with van der Waals surface area (Å²) in [5.41, 5.74) is 2.06. The molecular weight excluding hydrogens is 474 g/mol. The lowest BCUT2D eigenvalue weighted by Crippen LogP contribution is -2.23. The molecule has 1 atom stereocenters. The van der Waals surface area contributed by atoms with Crippen molar-refractivity contribution in [1.82, 2.24) is 4.72 Å². The lowest BCUT2D eigenvalue weighted by Gasteiger charge is -2.20. The summed E-state index contributed by atoms with van der Waals surface area (Å²) < 4.78 is 33.5. The number of hydrogen-bond acceptors (Lipinski definition) is 5. The van der Waals surface area contributed by atoms with Crippen LogP contribution < -0.4 is 15.4 Å². The van der Waals surface area contributed by atoms with Gasteiger partial charge in [-0.1, -0.05) is 44.5 Å². The molecule has 1 amide bonds. The predicted molar refractivity (Wildman–Crippen MR) is 139 cm³/mol. The molecule has 0 saturated heterocycles. The van der Waals surface area contributed by atoms with E-state index < -0.39 is 10.0 Å². The number of ether oxygens (including phenoxy) is 1. The first-order valence-electron chi connectivity index (χ1n) is 11.6. The average molecular weight is 510 g/mol. The van der Waals surface area contributed by atoms with Crippen molar-refractivity contribution in [2.45, 2.75) is 51.5 Å². The van der Waals surface area contributed by atoms with Crippen molar-refractivity contribution in [3.63, 3.8) is 0 Å². The highest BCUT2D eigenvalue weighted by Gasteiger charge is 2.17. The molecule has 0 bridgehead atoms. The van der Waals surface area contributed by atoms with Gasteiger partial charge in [0.05, 0.1) is 15.6 Å². The van der Waals surface area contributed by atoms with Gasteiger partial charge in [0.2, 0.25) is 15.9 Å². The van der Waals surface area contributed by atoms with Crippen LogP contribution in [-0.2, 0) is 26.1 Å². The molecule has 2 aromatic rings. The number of amides is 1. The maximum Gasteiger partial charge on any atom is 0.240 e. The number of benzene rings is 2. The molecule has 0 fully saturated rings. The molecule has 2 rings (SSSR count).